The molecule has 0 spiro atoms. The second kappa shape index (κ2) is 7.59. The molecule has 21 heavy (non-hydrogen) atoms. The normalized spacial score (nSPS) is 10.5. The van der Waals surface area contributed by atoms with Gasteiger partial charge in [-0.3, -0.25) is 0 Å². The first-order valence-electron chi connectivity index (χ1n) is 6.48. The number of nitrogens with zero attached hydrogens (tertiary/aromatic N) is 2. The molecule has 0 saturated carbocycles. The minimum Gasteiger partial charge on any atom is -0.374 e. The lowest BCUT2D eigenvalue weighted by atomic mass is 10.3. The van der Waals surface area contributed by atoms with Gasteiger partial charge >= 0.3 is 0 Å². The van der Waals surface area contributed by atoms with Gasteiger partial charge in [-0.2, -0.15) is 0 Å². The van der Waals surface area contributed by atoms with E-state index < -0.39 is 0 Å². The maximum atomic E-state index is 6.09. The van der Waals surface area contributed by atoms with Crippen LogP contribution in [0.1, 0.15) is 12.7 Å². The number of aromatic nitrogens is 2. The van der Waals surface area contributed by atoms with Crippen LogP contribution < -0.4 is 10.6 Å². The summed E-state index contributed by atoms with van der Waals surface area (Å²) in [5.74, 6) is 2.01. The van der Waals surface area contributed by atoms with Crippen molar-refractivity contribution in [3.05, 3.63) is 39.6 Å². The van der Waals surface area contributed by atoms with E-state index in [2.05, 4.69) is 36.5 Å². The van der Waals surface area contributed by atoms with E-state index in [1.165, 1.54) is 0 Å². The van der Waals surface area contributed by atoms with Gasteiger partial charge in [0.05, 0.1) is 15.2 Å². The van der Waals surface area contributed by atoms with Gasteiger partial charge in [0.15, 0.2) is 5.82 Å². The van der Waals surface area contributed by atoms with Crippen LogP contribution in [0.3, 0.4) is 0 Å². The van der Waals surface area contributed by atoms with Crippen LogP contribution in [-0.4, -0.2) is 23.6 Å². The average molecular weight is 372 g/mol. The first-order chi connectivity index (χ1) is 10.1. The quantitative estimate of drug-likeness (QED) is 0.796. The molecule has 112 valence electrons. The smallest absolute Gasteiger partial charge is 0.158 e. The summed E-state index contributed by atoms with van der Waals surface area (Å²) in [6.45, 7) is 2.93. The van der Waals surface area contributed by atoms with Gasteiger partial charge in [0.2, 0.25) is 0 Å². The minimum atomic E-state index is 0.372. The van der Waals surface area contributed by atoms with Crippen LogP contribution in [0.5, 0.6) is 0 Å². The van der Waals surface area contributed by atoms with Crippen molar-refractivity contribution in [3.63, 3.8) is 0 Å². The van der Waals surface area contributed by atoms with Crippen molar-refractivity contribution in [2.45, 2.75) is 13.5 Å². The summed E-state index contributed by atoms with van der Waals surface area (Å²) in [7, 11) is 1.81. The molecule has 5 nitrogen and oxygen atoms in total. The third-order valence-electron chi connectivity index (χ3n) is 2.68. The number of nitrogens with one attached hydrogen (secondary N) is 2. The largest absolute Gasteiger partial charge is 0.374 e. The third kappa shape index (κ3) is 4.30. The fourth-order valence-electron chi connectivity index (χ4n) is 1.69. The molecular formula is C14H16BrClN4O. The standard InChI is InChI=1S/C14H16BrClN4O/c1-3-21-8-13-19-11(17-2)7-12(20-13)18-10-6-4-5-9(16)14(10)15/h4-7H,3,8H2,1-2H3,(H2,17,18,19,20). The highest BCUT2D eigenvalue weighted by molar-refractivity contribution is 9.10. The molecule has 0 unspecified atom stereocenters. The van der Waals surface area contributed by atoms with E-state index in [-0.39, 0.29) is 0 Å². The van der Waals surface area contributed by atoms with E-state index in [1.54, 1.807) is 0 Å². The summed E-state index contributed by atoms with van der Waals surface area (Å²) in [4.78, 5) is 8.78. The van der Waals surface area contributed by atoms with Crippen molar-refractivity contribution < 1.29 is 4.74 Å². The molecule has 1 aromatic heterocycles. The third-order valence-corrected chi connectivity index (χ3v) is 4.08. The topological polar surface area (TPSA) is 59.1 Å². The number of benzene rings is 1. The summed E-state index contributed by atoms with van der Waals surface area (Å²) in [5, 5.41) is 6.87. The van der Waals surface area contributed by atoms with Crippen molar-refractivity contribution in [2.75, 3.05) is 24.3 Å². The second-order valence-corrected chi connectivity index (χ2v) is 5.37. The minimum absolute atomic E-state index is 0.372. The molecule has 0 bridgehead atoms. The number of hydrogen-bond acceptors (Lipinski definition) is 5. The highest BCUT2D eigenvalue weighted by Crippen LogP contribution is 2.32. The number of rotatable bonds is 6. The molecule has 0 amide bonds. The molecule has 2 aromatic rings. The van der Waals surface area contributed by atoms with Crippen LogP contribution in [0.25, 0.3) is 0 Å². The molecule has 2 N–H and O–H groups in total. The maximum Gasteiger partial charge on any atom is 0.158 e. The van der Waals surface area contributed by atoms with Gasteiger partial charge in [-0.1, -0.05) is 17.7 Å². The molecular weight excluding hydrogens is 356 g/mol. The molecule has 0 atom stereocenters. The molecule has 0 saturated heterocycles. The molecule has 1 heterocycles. The van der Waals surface area contributed by atoms with Crippen LogP contribution in [0.2, 0.25) is 5.02 Å². The highest BCUT2D eigenvalue weighted by Gasteiger charge is 2.08. The molecule has 0 radical (unpaired) electrons. The Bertz CT molecular complexity index is 624. The Morgan fingerprint density at radius 2 is 2.05 bits per heavy atom. The van der Waals surface area contributed by atoms with Crippen LogP contribution in [-0.2, 0) is 11.3 Å². The van der Waals surface area contributed by atoms with E-state index in [9.17, 15) is 0 Å². The lowest BCUT2D eigenvalue weighted by molar-refractivity contribution is 0.128. The van der Waals surface area contributed by atoms with Crippen molar-refractivity contribution >= 4 is 44.9 Å². The molecule has 0 fully saturated rings. The van der Waals surface area contributed by atoms with Crippen molar-refractivity contribution in [3.8, 4) is 0 Å². The van der Waals surface area contributed by atoms with E-state index in [0.717, 1.165) is 16.0 Å². The predicted molar refractivity (Wildman–Crippen MR) is 89.3 cm³/mol. The Hall–Kier alpha value is -1.37. The molecule has 1 aromatic carbocycles. The van der Waals surface area contributed by atoms with Crippen LogP contribution in [0.4, 0.5) is 17.3 Å². The maximum absolute atomic E-state index is 6.09. The average Bonchev–Trinajstić information content (AvgIpc) is 2.49. The number of halogens is 2. The fourth-order valence-corrected chi connectivity index (χ4v) is 2.22. The predicted octanol–water partition coefficient (Wildman–Crippen LogP) is 4.21. The van der Waals surface area contributed by atoms with Gasteiger partial charge in [0.25, 0.3) is 0 Å². The Balaban J connectivity index is 2.28. The summed E-state index contributed by atoms with van der Waals surface area (Å²) in [5.41, 5.74) is 0.839. The van der Waals surface area contributed by atoms with Crippen LogP contribution >= 0.6 is 27.5 Å². The zero-order chi connectivity index (χ0) is 15.2. The first-order valence-corrected chi connectivity index (χ1v) is 7.65. The van der Waals surface area contributed by atoms with Gasteiger partial charge in [0.1, 0.15) is 18.2 Å². The Morgan fingerprint density at radius 3 is 2.76 bits per heavy atom. The number of anilines is 3. The summed E-state index contributed by atoms with van der Waals surface area (Å²) in [6, 6.07) is 7.43. The van der Waals surface area contributed by atoms with Crippen molar-refractivity contribution in [2.24, 2.45) is 0 Å². The molecule has 7 heteroatoms. The zero-order valence-electron chi connectivity index (χ0n) is 11.8. The second-order valence-electron chi connectivity index (χ2n) is 4.17. The van der Waals surface area contributed by atoms with E-state index in [4.69, 9.17) is 16.3 Å². The SMILES string of the molecule is CCOCc1nc(NC)cc(Nc2cccc(Cl)c2Br)n1. The van der Waals surface area contributed by atoms with Crippen molar-refractivity contribution in [1.82, 2.24) is 9.97 Å². The van der Waals surface area contributed by atoms with Gasteiger partial charge in [-0.25, -0.2) is 9.97 Å². The monoisotopic (exact) mass is 370 g/mol. The Kier molecular flexibility index (Phi) is 5.78. The Labute approximate surface area is 137 Å². The summed E-state index contributed by atoms with van der Waals surface area (Å²) in [6.07, 6.45) is 0. The number of ether oxygens (including phenoxy) is 1. The lowest BCUT2D eigenvalue weighted by Crippen LogP contribution is -2.05. The molecule has 0 aliphatic rings. The van der Waals surface area contributed by atoms with E-state index in [1.807, 2.05) is 38.2 Å². The Morgan fingerprint density at radius 1 is 1.29 bits per heavy atom. The van der Waals surface area contributed by atoms with Gasteiger partial charge in [0, 0.05) is 19.7 Å². The lowest BCUT2D eigenvalue weighted by Gasteiger charge is -2.11. The highest BCUT2D eigenvalue weighted by atomic mass is 79.9. The van der Waals surface area contributed by atoms with Gasteiger partial charge in [-0.05, 0) is 35.0 Å². The van der Waals surface area contributed by atoms with Crippen molar-refractivity contribution in [1.29, 1.82) is 0 Å². The summed E-state index contributed by atoms with van der Waals surface area (Å²) >= 11 is 9.54. The molecule has 2 rings (SSSR count). The molecule has 0 aliphatic carbocycles. The van der Waals surface area contributed by atoms with Gasteiger partial charge < -0.3 is 15.4 Å². The van der Waals surface area contributed by atoms with Gasteiger partial charge in [-0.15, -0.1) is 0 Å². The van der Waals surface area contributed by atoms with E-state index >= 15 is 0 Å². The van der Waals surface area contributed by atoms with Crippen LogP contribution in [0, 0.1) is 0 Å². The summed E-state index contributed by atoms with van der Waals surface area (Å²) < 4.78 is 6.15. The van der Waals surface area contributed by atoms with E-state index in [0.29, 0.717) is 29.9 Å². The zero-order valence-corrected chi connectivity index (χ0v) is 14.1. The fraction of sp³-hybridized carbons (Fsp3) is 0.286. The van der Waals surface area contributed by atoms with Crippen LogP contribution in [0.15, 0.2) is 28.7 Å². The number of hydrogen-bond donors (Lipinski definition) is 2. The molecule has 0 aliphatic heterocycles. The first kappa shape index (κ1) is 16.0.